The highest BCUT2D eigenvalue weighted by Crippen LogP contribution is 1.85. The molecule has 0 fully saturated rings. The number of amides is 1. The Balaban J connectivity index is 3.11. The van der Waals surface area contributed by atoms with Crippen LogP contribution in [0.25, 0.3) is 0 Å². The topological polar surface area (TPSA) is 90.3 Å². The molecule has 0 bridgehead atoms. The van der Waals surface area contributed by atoms with Gasteiger partial charge in [0.1, 0.15) is 6.54 Å². The van der Waals surface area contributed by atoms with Crippen LogP contribution in [-0.2, 0) is 17.9 Å². The SMILES string of the molecule is CN(C)C(=O)Cn1ccc(=O)n(CCN)c1=O. The largest absolute Gasteiger partial charge is 0.347 e. The molecule has 2 N–H and O–H groups in total. The molecule has 17 heavy (non-hydrogen) atoms. The minimum Gasteiger partial charge on any atom is -0.347 e. The number of carbonyl (C=O) groups is 1. The maximum absolute atomic E-state index is 11.8. The van der Waals surface area contributed by atoms with Crippen molar-refractivity contribution in [2.75, 3.05) is 20.6 Å². The van der Waals surface area contributed by atoms with Gasteiger partial charge in [-0.1, -0.05) is 0 Å². The van der Waals surface area contributed by atoms with Gasteiger partial charge in [-0.15, -0.1) is 0 Å². The molecule has 0 saturated carbocycles. The predicted molar refractivity (Wildman–Crippen MR) is 62.7 cm³/mol. The van der Waals surface area contributed by atoms with Crippen molar-refractivity contribution in [2.45, 2.75) is 13.1 Å². The maximum Gasteiger partial charge on any atom is 0.331 e. The van der Waals surface area contributed by atoms with Gasteiger partial charge in [0.15, 0.2) is 0 Å². The lowest BCUT2D eigenvalue weighted by Gasteiger charge is -2.12. The van der Waals surface area contributed by atoms with Gasteiger partial charge in [0.2, 0.25) is 5.91 Å². The fraction of sp³-hybridized carbons (Fsp3) is 0.500. The molecule has 1 aromatic heterocycles. The zero-order valence-corrected chi connectivity index (χ0v) is 9.92. The smallest absolute Gasteiger partial charge is 0.331 e. The first-order valence-corrected chi connectivity index (χ1v) is 5.18. The van der Waals surface area contributed by atoms with Crippen molar-refractivity contribution in [3.05, 3.63) is 33.1 Å². The average Bonchev–Trinajstić information content (AvgIpc) is 2.28. The van der Waals surface area contributed by atoms with Crippen LogP contribution in [-0.4, -0.2) is 40.6 Å². The highest BCUT2D eigenvalue weighted by molar-refractivity contribution is 5.75. The molecule has 0 atom stereocenters. The average molecular weight is 240 g/mol. The molecule has 0 spiro atoms. The van der Waals surface area contributed by atoms with Crippen LogP contribution >= 0.6 is 0 Å². The molecule has 0 unspecified atom stereocenters. The molecule has 7 nitrogen and oxygen atoms in total. The third-order valence-corrected chi connectivity index (χ3v) is 2.30. The van der Waals surface area contributed by atoms with E-state index in [2.05, 4.69) is 0 Å². The molecule has 94 valence electrons. The van der Waals surface area contributed by atoms with E-state index in [0.717, 1.165) is 4.57 Å². The Kier molecular flexibility index (Phi) is 4.22. The van der Waals surface area contributed by atoms with E-state index in [9.17, 15) is 14.4 Å². The standard InChI is InChI=1S/C10H16N4O3/c1-12(2)9(16)7-13-5-3-8(15)14(6-4-11)10(13)17/h3,5H,4,6-7,11H2,1-2H3. The number of carbonyl (C=O) groups excluding carboxylic acids is 1. The Morgan fingerprint density at radius 2 is 2.06 bits per heavy atom. The van der Waals surface area contributed by atoms with Crippen LogP contribution in [0.3, 0.4) is 0 Å². The van der Waals surface area contributed by atoms with Crippen LogP contribution in [0.4, 0.5) is 0 Å². The molecule has 1 amide bonds. The van der Waals surface area contributed by atoms with E-state index in [1.54, 1.807) is 14.1 Å². The quantitative estimate of drug-likeness (QED) is 0.662. The Bertz CT molecular complexity index is 515. The summed E-state index contributed by atoms with van der Waals surface area (Å²) in [6.07, 6.45) is 1.32. The van der Waals surface area contributed by atoms with Crippen molar-refractivity contribution in [1.82, 2.24) is 14.0 Å². The molecular weight excluding hydrogens is 224 g/mol. The Labute approximate surface area is 98.1 Å². The number of likely N-dealkylation sites (N-methyl/N-ethyl adjacent to an activating group) is 1. The molecule has 0 aliphatic heterocycles. The molecule has 7 heteroatoms. The van der Waals surface area contributed by atoms with E-state index in [-0.39, 0.29) is 25.5 Å². The molecule has 0 radical (unpaired) electrons. The van der Waals surface area contributed by atoms with Crippen LogP contribution in [0.2, 0.25) is 0 Å². The van der Waals surface area contributed by atoms with Gasteiger partial charge in [0, 0.05) is 39.4 Å². The highest BCUT2D eigenvalue weighted by atomic mass is 16.2. The lowest BCUT2D eigenvalue weighted by Crippen LogP contribution is -2.42. The number of aromatic nitrogens is 2. The Morgan fingerprint density at radius 1 is 1.41 bits per heavy atom. The van der Waals surface area contributed by atoms with E-state index in [0.29, 0.717) is 0 Å². The van der Waals surface area contributed by atoms with E-state index < -0.39 is 11.2 Å². The molecule has 0 saturated heterocycles. The van der Waals surface area contributed by atoms with E-state index in [1.807, 2.05) is 0 Å². The van der Waals surface area contributed by atoms with Crippen molar-refractivity contribution in [1.29, 1.82) is 0 Å². The van der Waals surface area contributed by atoms with Crippen LogP contribution < -0.4 is 17.0 Å². The first-order chi connectivity index (χ1) is 7.97. The molecule has 0 aromatic carbocycles. The first kappa shape index (κ1) is 13.2. The summed E-state index contributed by atoms with van der Waals surface area (Å²) >= 11 is 0. The van der Waals surface area contributed by atoms with Crippen molar-refractivity contribution < 1.29 is 4.79 Å². The normalized spacial score (nSPS) is 10.3. The number of nitrogens with two attached hydrogens (primary N) is 1. The van der Waals surface area contributed by atoms with Crippen LogP contribution in [0.5, 0.6) is 0 Å². The highest BCUT2D eigenvalue weighted by Gasteiger charge is 2.09. The molecule has 0 aliphatic carbocycles. The Morgan fingerprint density at radius 3 is 2.59 bits per heavy atom. The number of hydrogen-bond donors (Lipinski definition) is 1. The van der Waals surface area contributed by atoms with Gasteiger partial charge in [-0.3, -0.25) is 18.7 Å². The number of nitrogens with zero attached hydrogens (tertiary/aromatic N) is 3. The number of hydrogen-bond acceptors (Lipinski definition) is 4. The van der Waals surface area contributed by atoms with Crippen LogP contribution in [0, 0.1) is 0 Å². The van der Waals surface area contributed by atoms with Crippen LogP contribution in [0.15, 0.2) is 21.9 Å². The first-order valence-electron chi connectivity index (χ1n) is 5.18. The summed E-state index contributed by atoms with van der Waals surface area (Å²) in [4.78, 5) is 36.1. The van der Waals surface area contributed by atoms with Gasteiger partial charge in [-0.2, -0.15) is 0 Å². The summed E-state index contributed by atoms with van der Waals surface area (Å²) in [6.45, 7) is 0.256. The second kappa shape index (κ2) is 5.44. The zero-order chi connectivity index (χ0) is 13.0. The van der Waals surface area contributed by atoms with Gasteiger partial charge in [-0.05, 0) is 0 Å². The lowest BCUT2D eigenvalue weighted by atomic mass is 10.5. The minimum atomic E-state index is -0.516. The molecule has 1 rings (SSSR count). The van der Waals surface area contributed by atoms with Gasteiger partial charge >= 0.3 is 5.69 Å². The lowest BCUT2D eigenvalue weighted by molar-refractivity contribution is -0.129. The second-order valence-corrected chi connectivity index (χ2v) is 3.79. The van der Waals surface area contributed by atoms with E-state index in [4.69, 9.17) is 5.73 Å². The van der Waals surface area contributed by atoms with E-state index >= 15 is 0 Å². The van der Waals surface area contributed by atoms with Gasteiger partial charge in [0.25, 0.3) is 5.56 Å². The fourth-order valence-corrected chi connectivity index (χ4v) is 1.30. The summed E-state index contributed by atoms with van der Waals surface area (Å²) in [5, 5.41) is 0. The fourth-order valence-electron chi connectivity index (χ4n) is 1.30. The van der Waals surface area contributed by atoms with Crippen molar-refractivity contribution in [3.63, 3.8) is 0 Å². The summed E-state index contributed by atoms with van der Waals surface area (Å²) in [6, 6.07) is 1.25. The maximum atomic E-state index is 11.8. The van der Waals surface area contributed by atoms with Gasteiger partial charge in [0.05, 0.1) is 0 Å². The predicted octanol–water partition coefficient (Wildman–Crippen LogP) is -1.94. The van der Waals surface area contributed by atoms with Gasteiger partial charge in [-0.25, -0.2) is 4.79 Å². The zero-order valence-electron chi connectivity index (χ0n) is 9.92. The summed E-state index contributed by atoms with van der Waals surface area (Å²) in [5.74, 6) is -0.218. The number of rotatable bonds is 4. The summed E-state index contributed by atoms with van der Waals surface area (Å²) in [5.41, 5.74) is 4.39. The monoisotopic (exact) mass is 240 g/mol. The van der Waals surface area contributed by atoms with Gasteiger partial charge < -0.3 is 10.6 Å². The summed E-state index contributed by atoms with van der Waals surface area (Å²) in [7, 11) is 3.20. The van der Waals surface area contributed by atoms with Crippen molar-refractivity contribution >= 4 is 5.91 Å². The molecule has 1 heterocycles. The minimum absolute atomic E-state index is 0.0866. The Hall–Kier alpha value is -1.89. The third-order valence-electron chi connectivity index (χ3n) is 2.30. The van der Waals surface area contributed by atoms with Crippen LogP contribution in [0.1, 0.15) is 0 Å². The third kappa shape index (κ3) is 3.04. The van der Waals surface area contributed by atoms with Crippen molar-refractivity contribution in [3.8, 4) is 0 Å². The van der Waals surface area contributed by atoms with E-state index in [1.165, 1.54) is 21.7 Å². The molecule has 0 aliphatic rings. The molecular formula is C10H16N4O3. The second-order valence-electron chi connectivity index (χ2n) is 3.79. The summed E-state index contributed by atoms with van der Waals surface area (Å²) < 4.78 is 2.21. The van der Waals surface area contributed by atoms with Crippen molar-refractivity contribution in [2.24, 2.45) is 5.73 Å². The molecule has 1 aromatic rings.